The van der Waals surface area contributed by atoms with Gasteiger partial charge in [0.25, 0.3) is 0 Å². The van der Waals surface area contributed by atoms with E-state index in [1.54, 1.807) is 30.3 Å². The molecule has 2 unspecified atom stereocenters. The van der Waals surface area contributed by atoms with Crippen molar-refractivity contribution in [2.45, 2.75) is 11.4 Å². The maximum absolute atomic E-state index is 12.4. The summed E-state index contributed by atoms with van der Waals surface area (Å²) in [5, 5.41) is 0. The van der Waals surface area contributed by atoms with E-state index in [1.807, 2.05) is 0 Å². The second-order valence-corrected chi connectivity index (χ2v) is 6.52. The Morgan fingerprint density at radius 1 is 0.957 bits per heavy atom. The highest BCUT2D eigenvalue weighted by molar-refractivity contribution is 7.88. The van der Waals surface area contributed by atoms with Crippen LogP contribution in [0, 0.1) is 0 Å². The van der Waals surface area contributed by atoms with Crippen LogP contribution in [0.2, 0.25) is 0 Å². The predicted octanol–water partition coefficient (Wildman–Crippen LogP) is 3.87. The van der Waals surface area contributed by atoms with Crippen molar-refractivity contribution in [3.05, 3.63) is 60.2 Å². The zero-order chi connectivity index (χ0) is 17.1. The zero-order valence-corrected chi connectivity index (χ0v) is 13.5. The third-order valence-corrected chi connectivity index (χ3v) is 4.18. The number of para-hydroxylation sites is 2. The highest BCUT2D eigenvalue weighted by Gasteiger charge is 2.48. The quantitative estimate of drug-likeness (QED) is 0.459. The number of hydrogen-bond acceptors (Lipinski definition) is 4. The topological polar surface area (TPSA) is 52.6 Å². The van der Waals surface area contributed by atoms with Gasteiger partial charge in [-0.1, -0.05) is 45.6 Å². The summed E-state index contributed by atoms with van der Waals surface area (Å²) in [6.07, 6.45) is 0. The smallest absolute Gasteiger partial charge is 0.482 e. The first kappa shape index (κ1) is 17.6. The Morgan fingerprint density at radius 3 is 2.13 bits per heavy atom. The largest absolute Gasteiger partial charge is 0.534 e. The molecule has 0 spiro atoms. The van der Waals surface area contributed by atoms with Crippen molar-refractivity contribution in [3.8, 4) is 11.5 Å². The van der Waals surface area contributed by atoms with E-state index in [4.69, 9.17) is 4.74 Å². The minimum atomic E-state index is -5.74. The first-order valence-corrected chi connectivity index (χ1v) is 8.35. The summed E-state index contributed by atoms with van der Waals surface area (Å²) in [5.74, 6) is -0.765. The molecule has 9 heteroatoms. The molecular weight excluding hydrogens is 352 g/mol. The summed E-state index contributed by atoms with van der Waals surface area (Å²) >= 11 is 0. The molecule has 0 aliphatic rings. The maximum atomic E-state index is 12.4. The number of halogens is 3. The molecule has 0 bridgehead atoms. The lowest BCUT2D eigenvalue weighted by Crippen LogP contribution is -2.28. The van der Waals surface area contributed by atoms with Crippen LogP contribution in [-0.2, 0) is 10.1 Å². The van der Waals surface area contributed by atoms with Crippen molar-refractivity contribution in [1.82, 2.24) is 0 Å². The van der Waals surface area contributed by atoms with Crippen molar-refractivity contribution in [3.63, 3.8) is 0 Å². The predicted molar refractivity (Wildman–Crippen MR) is 81.6 cm³/mol. The molecule has 23 heavy (non-hydrogen) atoms. The van der Waals surface area contributed by atoms with Crippen LogP contribution in [0.25, 0.3) is 0 Å². The van der Waals surface area contributed by atoms with Gasteiger partial charge in [-0.05, 0) is 18.2 Å². The molecule has 4 nitrogen and oxygen atoms in total. The molecule has 0 radical (unpaired) electrons. The van der Waals surface area contributed by atoms with Crippen molar-refractivity contribution in [2.75, 3.05) is 0 Å². The second kappa shape index (κ2) is 6.76. The van der Waals surface area contributed by atoms with Crippen LogP contribution >= 0.6 is 9.24 Å². The van der Waals surface area contributed by atoms with Gasteiger partial charge in [0.1, 0.15) is 17.3 Å². The first-order chi connectivity index (χ1) is 10.7. The number of alkyl halides is 3. The Bertz CT molecular complexity index is 763. The summed E-state index contributed by atoms with van der Waals surface area (Å²) in [4.78, 5) is 0. The van der Waals surface area contributed by atoms with Crippen molar-refractivity contribution in [2.24, 2.45) is 0 Å². The molecule has 0 saturated heterocycles. The molecule has 0 saturated carbocycles. The van der Waals surface area contributed by atoms with Crippen LogP contribution in [0.15, 0.2) is 54.6 Å². The van der Waals surface area contributed by atoms with E-state index in [0.29, 0.717) is 5.75 Å². The lowest BCUT2D eigenvalue weighted by atomic mass is 10.2. The van der Waals surface area contributed by atoms with Gasteiger partial charge in [-0.2, -0.15) is 21.6 Å². The fourth-order valence-electron chi connectivity index (χ4n) is 1.67. The lowest BCUT2D eigenvalue weighted by molar-refractivity contribution is -0.0500. The summed E-state index contributed by atoms with van der Waals surface area (Å²) in [7, 11) is -3.47. The van der Waals surface area contributed by atoms with Crippen molar-refractivity contribution in [1.29, 1.82) is 0 Å². The molecule has 0 heterocycles. The minimum absolute atomic E-state index is 0.147. The van der Waals surface area contributed by atoms with Gasteiger partial charge < -0.3 is 8.92 Å². The highest BCUT2D eigenvalue weighted by atomic mass is 32.2. The molecule has 0 N–H and O–H groups in total. The second-order valence-electron chi connectivity index (χ2n) is 4.37. The SMILES string of the molecule is O=S(=O)(Oc1ccccc1C(P)Oc1ccccc1)C(F)(F)F. The standard InChI is InChI=1S/C14H12F3O4PS/c15-14(16,17)23(18,19)21-12-9-5-4-8-11(12)13(22)20-10-6-2-1-3-7-10/h1-9,13H,22H2. The third kappa shape index (κ3) is 4.36. The molecule has 0 aliphatic carbocycles. The van der Waals surface area contributed by atoms with Gasteiger partial charge in [-0.15, -0.1) is 0 Å². The molecule has 2 rings (SSSR count). The zero-order valence-electron chi connectivity index (χ0n) is 11.5. The van der Waals surface area contributed by atoms with Gasteiger partial charge >= 0.3 is 15.6 Å². The Kier molecular flexibility index (Phi) is 5.16. The van der Waals surface area contributed by atoms with Crippen molar-refractivity contribution >= 4 is 19.4 Å². The van der Waals surface area contributed by atoms with E-state index in [0.717, 1.165) is 6.07 Å². The van der Waals surface area contributed by atoms with Crippen LogP contribution < -0.4 is 8.92 Å². The Hall–Kier alpha value is -1.79. The molecule has 2 aromatic rings. The first-order valence-electron chi connectivity index (χ1n) is 6.28. The third-order valence-electron chi connectivity index (χ3n) is 2.71. The van der Waals surface area contributed by atoms with Crippen LogP contribution in [-0.4, -0.2) is 13.9 Å². The summed E-state index contributed by atoms with van der Waals surface area (Å²) in [6, 6.07) is 14.0. The van der Waals surface area contributed by atoms with E-state index >= 15 is 0 Å². The average molecular weight is 364 g/mol. The molecule has 0 amide bonds. The fourth-order valence-corrected chi connectivity index (χ4v) is 2.58. The van der Waals surface area contributed by atoms with Crippen LogP contribution in [0.4, 0.5) is 13.2 Å². The van der Waals surface area contributed by atoms with E-state index in [1.165, 1.54) is 18.2 Å². The van der Waals surface area contributed by atoms with Gasteiger partial charge in [0.15, 0.2) is 0 Å². The lowest BCUT2D eigenvalue weighted by Gasteiger charge is -2.18. The fraction of sp³-hybridized carbons (Fsp3) is 0.143. The molecule has 124 valence electrons. The Balaban J connectivity index is 2.27. The Labute approximate surface area is 133 Å². The van der Waals surface area contributed by atoms with Gasteiger partial charge in [-0.3, -0.25) is 0 Å². The van der Waals surface area contributed by atoms with Gasteiger partial charge in [0, 0.05) is 5.56 Å². The monoisotopic (exact) mass is 364 g/mol. The van der Waals surface area contributed by atoms with E-state index < -0.39 is 27.2 Å². The number of benzene rings is 2. The Morgan fingerprint density at radius 2 is 1.52 bits per heavy atom. The molecular formula is C14H12F3O4PS. The van der Waals surface area contributed by atoms with E-state index in [9.17, 15) is 21.6 Å². The van der Waals surface area contributed by atoms with Crippen LogP contribution in [0.1, 0.15) is 11.4 Å². The average Bonchev–Trinajstić information content (AvgIpc) is 2.47. The number of hydrogen-bond donors (Lipinski definition) is 0. The summed E-state index contributed by atoms with van der Waals surface area (Å²) < 4.78 is 69.4. The summed E-state index contributed by atoms with van der Waals surface area (Å²) in [5.41, 5.74) is -5.36. The molecule has 0 fully saturated rings. The van der Waals surface area contributed by atoms with Crippen molar-refractivity contribution < 1.29 is 30.5 Å². The maximum Gasteiger partial charge on any atom is 0.534 e. The molecule has 0 aromatic heterocycles. The minimum Gasteiger partial charge on any atom is -0.482 e. The van der Waals surface area contributed by atoms with Crippen LogP contribution in [0.3, 0.4) is 0 Å². The summed E-state index contributed by atoms with van der Waals surface area (Å²) in [6.45, 7) is 0. The highest BCUT2D eigenvalue weighted by Crippen LogP contribution is 2.36. The van der Waals surface area contributed by atoms with Gasteiger partial charge in [0.05, 0.1) is 0 Å². The molecule has 0 aliphatic heterocycles. The molecule has 2 aromatic carbocycles. The van der Waals surface area contributed by atoms with E-state index in [-0.39, 0.29) is 5.56 Å². The normalized spacial score (nSPS) is 13.4. The van der Waals surface area contributed by atoms with E-state index in [2.05, 4.69) is 13.4 Å². The van der Waals surface area contributed by atoms with Gasteiger partial charge in [0.2, 0.25) is 0 Å². The van der Waals surface area contributed by atoms with Crippen LogP contribution in [0.5, 0.6) is 11.5 Å². The number of rotatable bonds is 5. The molecule has 2 atom stereocenters. The van der Waals surface area contributed by atoms with Gasteiger partial charge in [-0.25, -0.2) is 0 Å². The number of ether oxygens (including phenoxy) is 1.